The van der Waals surface area contributed by atoms with Crippen molar-refractivity contribution < 1.29 is 4.42 Å². The van der Waals surface area contributed by atoms with Gasteiger partial charge in [0.15, 0.2) is 0 Å². The van der Waals surface area contributed by atoms with Crippen molar-refractivity contribution in [2.45, 2.75) is 78.6 Å². The molecule has 2 aromatic carbocycles. The Hall–Kier alpha value is -2.48. The summed E-state index contributed by atoms with van der Waals surface area (Å²) in [6.45, 7) is 16.0. The van der Waals surface area contributed by atoms with Crippen molar-refractivity contribution in [3.63, 3.8) is 0 Å². The average molecular weight is 402 g/mol. The monoisotopic (exact) mass is 401 g/mol. The van der Waals surface area contributed by atoms with Crippen LogP contribution >= 0.6 is 0 Å². The Labute approximate surface area is 180 Å². The van der Waals surface area contributed by atoms with Gasteiger partial charge in [0.25, 0.3) is 0 Å². The van der Waals surface area contributed by atoms with Gasteiger partial charge in [-0.25, -0.2) is 0 Å². The summed E-state index contributed by atoms with van der Waals surface area (Å²) in [6, 6.07) is 13.7. The average Bonchev–Trinajstić information content (AvgIpc) is 3.30. The fraction of sp³-hybridized carbons (Fsp3) is 0.429. The van der Waals surface area contributed by atoms with Crippen molar-refractivity contribution in [1.82, 2.24) is 4.98 Å². The molecule has 0 fully saturated rings. The highest BCUT2D eigenvalue weighted by Crippen LogP contribution is 2.35. The first-order valence-electron chi connectivity index (χ1n) is 11.4. The van der Waals surface area contributed by atoms with E-state index in [9.17, 15) is 0 Å². The van der Waals surface area contributed by atoms with Gasteiger partial charge in [-0.05, 0) is 87.7 Å². The third-order valence-corrected chi connectivity index (χ3v) is 6.43. The van der Waals surface area contributed by atoms with Gasteiger partial charge < -0.3 is 9.40 Å². The Morgan fingerprint density at radius 1 is 0.700 bits per heavy atom. The first-order chi connectivity index (χ1) is 14.2. The van der Waals surface area contributed by atoms with Crippen molar-refractivity contribution in [2.75, 3.05) is 0 Å². The molecule has 0 saturated heterocycles. The fourth-order valence-electron chi connectivity index (χ4n) is 4.75. The molecule has 0 saturated carbocycles. The summed E-state index contributed by atoms with van der Waals surface area (Å²) in [5.41, 5.74) is 7.95. The van der Waals surface area contributed by atoms with E-state index in [1.165, 1.54) is 38.5 Å². The second-order valence-corrected chi connectivity index (χ2v) is 9.85. The van der Waals surface area contributed by atoms with Gasteiger partial charge in [0, 0.05) is 23.5 Å². The van der Waals surface area contributed by atoms with Gasteiger partial charge in [-0.15, -0.1) is 0 Å². The SMILES string of the molecule is CC(C)c1cc2cc(CC(C)c3cc4[nH]ccc4cc3C(C)C)oc2cc1C(C)C. The number of fused-ring (bicyclic) bond motifs is 2. The summed E-state index contributed by atoms with van der Waals surface area (Å²) < 4.78 is 6.35. The molecule has 2 nitrogen and oxygen atoms in total. The lowest BCUT2D eigenvalue weighted by Crippen LogP contribution is -2.04. The van der Waals surface area contributed by atoms with Gasteiger partial charge in [-0.2, -0.15) is 0 Å². The molecule has 0 aliphatic rings. The van der Waals surface area contributed by atoms with E-state index in [1.54, 1.807) is 0 Å². The lowest BCUT2D eigenvalue weighted by molar-refractivity contribution is 0.525. The van der Waals surface area contributed by atoms with Crippen LogP contribution in [0.4, 0.5) is 0 Å². The van der Waals surface area contributed by atoms with E-state index in [2.05, 4.69) is 89.8 Å². The maximum absolute atomic E-state index is 6.35. The molecule has 0 radical (unpaired) electrons. The van der Waals surface area contributed by atoms with Gasteiger partial charge in [0.2, 0.25) is 0 Å². The van der Waals surface area contributed by atoms with Crippen molar-refractivity contribution in [3.05, 3.63) is 70.6 Å². The predicted molar refractivity (Wildman–Crippen MR) is 129 cm³/mol. The van der Waals surface area contributed by atoms with Crippen molar-refractivity contribution in [3.8, 4) is 0 Å². The Kier molecular flexibility index (Phi) is 5.53. The summed E-state index contributed by atoms with van der Waals surface area (Å²) in [6.07, 6.45) is 2.94. The molecular weight excluding hydrogens is 366 g/mol. The molecule has 0 spiro atoms. The summed E-state index contributed by atoms with van der Waals surface area (Å²) >= 11 is 0. The first-order valence-corrected chi connectivity index (χ1v) is 11.4. The van der Waals surface area contributed by atoms with Crippen molar-refractivity contribution in [2.24, 2.45) is 0 Å². The highest BCUT2D eigenvalue weighted by Gasteiger charge is 2.19. The number of benzene rings is 2. The molecule has 2 heteroatoms. The van der Waals surface area contributed by atoms with E-state index >= 15 is 0 Å². The molecule has 0 amide bonds. The van der Waals surface area contributed by atoms with Crippen molar-refractivity contribution in [1.29, 1.82) is 0 Å². The molecule has 2 heterocycles. The molecule has 0 bridgehead atoms. The second-order valence-electron chi connectivity index (χ2n) is 9.85. The lowest BCUT2D eigenvalue weighted by atomic mass is 9.86. The zero-order valence-corrected chi connectivity index (χ0v) is 19.5. The standard InChI is InChI=1S/C28H35NO/c1-16(2)23-13-21-11-22(30-28(21)15-25(23)18(5)6)10-19(7)26-14-27-20(8-9-29-27)12-24(26)17(3)4/h8-9,11-19,29H,10H2,1-7H3. The van der Waals surface area contributed by atoms with Crippen LogP contribution in [0, 0.1) is 0 Å². The van der Waals surface area contributed by atoms with Gasteiger partial charge >= 0.3 is 0 Å². The number of furan rings is 1. The Morgan fingerprint density at radius 2 is 1.30 bits per heavy atom. The molecular formula is C28H35NO. The number of rotatable bonds is 6. The van der Waals surface area contributed by atoms with E-state index in [0.29, 0.717) is 23.7 Å². The molecule has 1 atom stereocenters. The van der Waals surface area contributed by atoms with Crippen LogP contribution in [0.3, 0.4) is 0 Å². The topological polar surface area (TPSA) is 28.9 Å². The molecule has 2 aromatic heterocycles. The minimum absolute atomic E-state index is 0.393. The summed E-state index contributed by atoms with van der Waals surface area (Å²) in [5, 5.41) is 2.52. The van der Waals surface area contributed by atoms with Crippen LogP contribution in [0.25, 0.3) is 21.9 Å². The Morgan fingerprint density at radius 3 is 1.97 bits per heavy atom. The third-order valence-electron chi connectivity index (χ3n) is 6.43. The smallest absolute Gasteiger partial charge is 0.134 e. The molecule has 4 aromatic rings. The molecule has 0 aliphatic heterocycles. The first kappa shape index (κ1) is 20.8. The number of nitrogens with one attached hydrogen (secondary N) is 1. The van der Waals surface area contributed by atoms with Crippen LogP contribution in [-0.2, 0) is 6.42 Å². The highest BCUT2D eigenvalue weighted by molar-refractivity contribution is 5.82. The number of hydrogen-bond donors (Lipinski definition) is 1. The van der Waals surface area contributed by atoms with Gasteiger partial charge in [0.05, 0.1) is 0 Å². The van der Waals surface area contributed by atoms with E-state index in [-0.39, 0.29) is 0 Å². The third kappa shape index (κ3) is 3.80. The maximum atomic E-state index is 6.35. The largest absolute Gasteiger partial charge is 0.461 e. The van der Waals surface area contributed by atoms with Gasteiger partial charge in [0.1, 0.15) is 11.3 Å². The lowest BCUT2D eigenvalue weighted by Gasteiger charge is -2.18. The minimum atomic E-state index is 0.393. The fourth-order valence-corrected chi connectivity index (χ4v) is 4.75. The van der Waals surface area contributed by atoms with Crippen LogP contribution in [0.5, 0.6) is 0 Å². The Balaban J connectivity index is 1.70. The van der Waals surface area contributed by atoms with E-state index in [1.807, 2.05) is 6.20 Å². The molecule has 1 N–H and O–H groups in total. The number of hydrogen-bond acceptors (Lipinski definition) is 1. The molecule has 0 aliphatic carbocycles. The summed E-state index contributed by atoms with van der Waals surface area (Å²) in [7, 11) is 0. The number of H-pyrrole nitrogens is 1. The second kappa shape index (κ2) is 7.98. The molecule has 158 valence electrons. The van der Waals surface area contributed by atoms with Crippen LogP contribution in [0.15, 0.2) is 47.0 Å². The zero-order chi connectivity index (χ0) is 21.6. The molecule has 1 unspecified atom stereocenters. The molecule has 30 heavy (non-hydrogen) atoms. The van der Waals surface area contributed by atoms with Crippen LogP contribution in [-0.4, -0.2) is 4.98 Å². The molecule has 4 rings (SSSR count). The minimum Gasteiger partial charge on any atom is -0.461 e. The van der Waals surface area contributed by atoms with Crippen LogP contribution in [0.1, 0.15) is 100 Å². The van der Waals surface area contributed by atoms with Crippen LogP contribution in [0.2, 0.25) is 0 Å². The van der Waals surface area contributed by atoms with Crippen molar-refractivity contribution >= 4 is 21.9 Å². The van der Waals surface area contributed by atoms with Gasteiger partial charge in [-0.3, -0.25) is 0 Å². The number of aromatic amines is 1. The maximum Gasteiger partial charge on any atom is 0.134 e. The van der Waals surface area contributed by atoms with E-state index in [0.717, 1.165) is 17.8 Å². The summed E-state index contributed by atoms with van der Waals surface area (Å²) in [4.78, 5) is 3.38. The number of aromatic nitrogens is 1. The zero-order valence-electron chi connectivity index (χ0n) is 19.5. The Bertz CT molecular complexity index is 1130. The predicted octanol–water partition coefficient (Wildman–Crippen LogP) is 8.63. The normalized spacial score (nSPS) is 13.4. The highest BCUT2D eigenvalue weighted by atomic mass is 16.3. The van der Waals surface area contributed by atoms with Gasteiger partial charge in [-0.1, -0.05) is 48.5 Å². The van der Waals surface area contributed by atoms with E-state index < -0.39 is 0 Å². The summed E-state index contributed by atoms with van der Waals surface area (Å²) in [5.74, 6) is 2.99. The van der Waals surface area contributed by atoms with E-state index in [4.69, 9.17) is 4.42 Å². The van der Waals surface area contributed by atoms with Crippen LogP contribution < -0.4 is 0 Å². The quantitative estimate of drug-likeness (QED) is 0.344.